The van der Waals surface area contributed by atoms with E-state index >= 15 is 0 Å². The summed E-state index contributed by atoms with van der Waals surface area (Å²) >= 11 is 5.78. The molecule has 0 aliphatic heterocycles. The van der Waals surface area contributed by atoms with Gasteiger partial charge in [0.2, 0.25) is 5.91 Å². The minimum Gasteiger partial charge on any atom is -0.302 e. The van der Waals surface area contributed by atoms with Crippen LogP contribution in [0.25, 0.3) is 0 Å². The highest BCUT2D eigenvalue weighted by atomic mass is 35.6. The zero-order valence-electron chi connectivity index (χ0n) is 13.1. The molecule has 1 amide bonds. The predicted octanol–water partition coefficient (Wildman–Crippen LogP) is 2.90. The van der Waals surface area contributed by atoms with Crippen molar-refractivity contribution in [1.82, 2.24) is 9.77 Å². The summed E-state index contributed by atoms with van der Waals surface area (Å²) in [6.07, 6.45) is 0. The number of nitrogens with one attached hydrogen (secondary N) is 1. The van der Waals surface area contributed by atoms with E-state index in [9.17, 15) is 4.79 Å². The number of rotatable bonds is 5. The fourth-order valence-corrected chi connectivity index (χ4v) is 11.8. The molecule has 0 bridgehead atoms. The van der Waals surface area contributed by atoms with Crippen LogP contribution in [0.5, 0.6) is 0 Å². The molecule has 0 unspecified atom stereocenters. The van der Waals surface area contributed by atoms with Crippen LogP contribution < -0.4 is 5.43 Å². The zero-order chi connectivity index (χ0) is 14.8. The zero-order valence-corrected chi connectivity index (χ0v) is 17.3. The molecule has 0 radical (unpaired) electrons. The van der Waals surface area contributed by atoms with Gasteiger partial charge in [0.15, 0.2) is 0 Å². The SMILES string of the molecule is CC(C)(C)[Si](C)(C)N(NC(=O)C[SiH2]Cl)[Si](C)(C)C. The van der Waals surface area contributed by atoms with E-state index in [0.717, 1.165) is 0 Å². The standard InChI is InChI=1S/C11H29ClN2OSi3/c1-11(2,3)18(7,8)14(17(4,5)6)13-10(15)9-16-12/h9,16H2,1-8H3,(H,13,15). The molecule has 0 fully saturated rings. The van der Waals surface area contributed by atoms with Crippen LogP contribution in [-0.2, 0) is 4.79 Å². The average molecular weight is 325 g/mol. The molecule has 0 atom stereocenters. The molecule has 0 saturated heterocycles. The molecule has 0 saturated carbocycles. The summed E-state index contributed by atoms with van der Waals surface area (Å²) in [4.78, 5) is 11.9. The summed E-state index contributed by atoms with van der Waals surface area (Å²) in [6, 6.07) is 0.525. The van der Waals surface area contributed by atoms with E-state index in [1.54, 1.807) is 0 Å². The molecule has 3 nitrogen and oxygen atoms in total. The van der Waals surface area contributed by atoms with E-state index < -0.39 is 25.3 Å². The van der Waals surface area contributed by atoms with Gasteiger partial charge in [-0.05, 0) is 5.04 Å². The van der Waals surface area contributed by atoms with Crippen LogP contribution in [0.4, 0.5) is 0 Å². The smallest absolute Gasteiger partial charge is 0.231 e. The predicted molar refractivity (Wildman–Crippen MR) is 89.7 cm³/mol. The quantitative estimate of drug-likeness (QED) is 0.479. The lowest BCUT2D eigenvalue weighted by atomic mass is 10.2. The molecule has 108 valence electrons. The number of amides is 1. The molecular weight excluding hydrogens is 296 g/mol. The first-order chi connectivity index (χ1) is 7.84. The Morgan fingerprint density at radius 3 is 1.94 bits per heavy atom. The number of carbonyl (C=O) groups is 1. The largest absolute Gasteiger partial charge is 0.302 e. The van der Waals surface area contributed by atoms with Crippen LogP contribution >= 0.6 is 11.1 Å². The summed E-state index contributed by atoms with van der Waals surface area (Å²) < 4.78 is 2.35. The Hall–Kier alpha value is 0.371. The lowest BCUT2D eigenvalue weighted by Gasteiger charge is -2.51. The fourth-order valence-electron chi connectivity index (χ4n) is 1.75. The van der Waals surface area contributed by atoms with Crippen LogP contribution in [0.3, 0.4) is 0 Å². The average Bonchev–Trinajstić information content (AvgIpc) is 2.10. The molecular formula is C11H29ClN2OSi3. The normalized spacial score (nSPS) is 14.6. The van der Waals surface area contributed by atoms with Gasteiger partial charge in [-0.25, -0.2) is 0 Å². The van der Waals surface area contributed by atoms with Crippen molar-refractivity contribution in [3.8, 4) is 0 Å². The first-order valence-electron chi connectivity index (χ1n) is 6.50. The minimum absolute atomic E-state index is 0.101. The molecule has 0 heterocycles. The van der Waals surface area contributed by atoms with Crippen LogP contribution in [0.15, 0.2) is 0 Å². The van der Waals surface area contributed by atoms with Gasteiger partial charge in [-0.2, -0.15) is 11.1 Å². The third-order valence-electron chi connectivity index (χ3n) is 3.62. The topological polar surface area (TPSA) is 32.3 Å². The van der Waals surface area contributed by atoms with Gasteiger partial charge in [0.1, 0.15) is 25.3 Å². The van der Waals surface area contributed by atoms with Crippen LogP contribution in [0, 0.1) is 0 Å². The number of hydrogen-bond donors (Lipinski definition) is 1. The van der Waals surface area contributed by atoms with E-state index in [2.05, 4.69) is 63.3 Å². The van der Waals surface area contributed by atoms with E-state index in [1.807, 2.05) is 0 Å². The lowest BCUT2D eigenvalue weighted by Crippen LogP contribution is -2.70. The minimum atomic E-state index is -1.73. The number of hydrazine groups is 1. The third-order valence-corrected chi connectivity index (χ3v) is 14.9. The van der Waals surface area contributed by atoms with Crippen molar-refractivity contribution in [2.75, 3.05) is 0 Å². The van der Waals surface area contributed by atoms with E-state index in [1.165, 1.54) is 0 Å². The maximum atomic E-state index is 11.9. The maximum absolute atomic E-state index is 11.9. The fraction of sp³-hybridized carbons (Fsp3) is 0.909. The Kier molecular flexibility index (Phi) is 6.34. The van der Waals surface area contributed by atoms with Gasteiger partial charge in [0.25, 0.3) is 0 Å². The summed E-state index contributed by atoms with van der Waals surface area (Å²) in [7, 11) is -4.05. The van der Waals surface area contributed by atoms with Gasteiger partial charge >= 0.3 is 0 Å². The van der Waals surface area contributed by atoms with Crippen molar-refractivity contribution < 1.29 is 4.79 Å². The van der Waals surface area contributed by atoms with E-state index in [-0.39, 0.29) is 10.9 Å². The molecule has 7 heteroatoms. The Morgan fingerprint density at radius 2 is 1.67 bits per heavy atom. The number of nitrogens with zero attached hydrogens (tertiary/aromatic N) is 1. The summed E-state index contributed by atoms with van der Waals surface area (Å²) in [5, 5.41) is 0.221. The Bertz CT molecular complexity index is 298. The van der Waals surface area contributed by atoms with Crippen LogP contribution in [-0.4, -0.2) is 35.5 Å². The molecule has 0 rings (SSSR count). The number of carbonyl (C=O) groups excluding carboxylic acids is 1. The Morgan fingerprint density at radius 1 is 1.22 bits per heavy atom. The first-order valence-corrected chi connectivity index (χ1v) is 16.0. The molecule has 0 aromatic heterocycles. The monoisotopic (exact) mass is 324 g/mol. The van der Waals surface area contributed by atoms with Crippen molar-refractivity contribution in [3.63, 3.8) is 0 Å². The summed E-state index contributed by atoms with van der Waals surface area (Å²) in [5.41, 5.74) is 3.17. The van der Waals surface area contributed by atoms with E-state index in [4.69, 9.17) is 11.1 Å². The van der Waals surface area contributed by atoms with Gasteiger partial charge in [0, 0.05) is 6.04 Å². The van der Waals surface area contributed by atoms with Crippen molar-refractivity contribution in [1.29, 1.82) is 0 Å². The highest BCUT2D eigenvalue weighted by molar-refractivity contribution is 6.95. The van der Waals surface area contributed by atoms with Crippen molar-refractivity contribution in [2.24, 2.45) is 0 Å². The summed E-state index contributed by atoms with van der Waals surface area (Å²) in [5.74, 6) is 0.101. The van der Waals surface area contributed by atoms with Crippen molar-refractivity contribution in [2.45, 2.75) is 64.6 Å². The summed E-state index contributed by atoms with van der Waals surface area (Å²) in [6.45, 7) is 18.3. The number of hydrogen-bond acceptors (Lipinski definition) is 2. The van der Waals surface area contributed by atoms with Gasteiger partial charge in [-0.3, -0.25) is 9.13 Å². The van der Waals surface area contributed by atoms with Crippen LogP contribution in [0.2, 0.25) is 43.8 Å². The number of halogens is 1. The Balaban J connectivity index is 5.21. The van der Waals surface area contributed by atoms with Crippen molar-refractivity contribution >= 4 is 42.3 Å². The second-order valence-corrected chi connectivity index (χ2v) is 19.6. The van der Waals surface area contributed by atoms with Gasteiger partial charge < -0.3 is 5.43 Å². The van der Waals surface area contributed by atoms with Crippen LogP contribution in [0.1, 0.15) is 20.8 Å². The molecule has 0 aromatic carbocycles. The molecule has 0 aromatic rings. The maximum Gasteiger partial charge on any atom is 0.231 e. The second kappa shape index (κ2) is 6.21. The van der Waals surface area contributed by atoms with Gasteiger partial charge in [-0.15, -0.1) is 0 Å². The molecule has 0 aliphatic carbocycles. The highest BCUT2D eigenvalue weighted by Crippen LogP contribution is 2.39. The lowest BCUT2D eigenvalue weighted by molar-refractivity contribution is -0.121. The molecule has 18 heavy (non-hydrogen) atoms. The highest BCUT2D eigenvalue weighted by Gasteiger charge is 2.46. The first kappa shape index (κ1) is 18.4. The third kappa shape index (κ3) is 4.81. The van der Waals surface area contributed by atoms with Gasteiger partial charge in [-0.1, -0.05) is 53.5 Å². The van der Waals surface area contributed by atoms with Crippen molar-refractivity contribution in [3.05, 3.63) is 0 Å². The van der Waals surface area contributed by atoms with Gasteiger partial charge in [0.05, 0.1) is 0 Å². The second-order valence-electron chi connectivity index (χ2n) is 7.29. The molecule has 1 N–H and O–H groups in total. The molecule has 0 spiro atoms. The van der Waals surface area contributed by atoms with E-state index in [0.29, 0.717) is 6.04 Å². The molecule has 0 aliphatic rings. The Labute approximate surface area is 121 Å².